The maximum absolute atomic E-state index is 13.9. The molecule has 1 aliphatic heterocycles. The van der Waals surface area contributed by atoms with E-state index >= 15 is 0 Å². The van der Waals surface area contributed by atoms with Gasteiger partial charge in [0.05, 0.1) is 36.8 Å². The Hall–Kier alpha value is -3.42. The van der Waals surface area contributed by atoms with Crippen LogP contribution < -0.4 is 10.6 Å². The molecule has 0 aliphatic carbocycles. The Bertz CT molecular complexity index is 1090. The number of halogens is 1. The molecule has 6 nitrogen and oxygen atoms in total. The molecular weight excluding hydrogens is 355 g/mol. The largest absolute Gasteiger partial charge is 0.340 e. The van der Waals surface area contributed by atoms with Crippen LogP contribution in [0.3, 0.4) is 0 Å². The number of rotatable bonds is 3. The van der Waals surface area contributed by atoms with Crippen LogP contribution >= 0.6 is 0 Å². The van der Waals surface area contributed by atoms with E-state index in [9.17, 15) is 4.39 Å². The van der Waals surface area contributed by atoms with Gasteiger partial charge in [-0.15, -0.1) is 0 Å². The van der Waals surface area contributed by atoms with E-state index in [4.69, 9.17) is 23.9 Å². The predicted octanol–water partition coefficient (Wildman–Crippen LogP) is 4.06. The van der Waals surface area contributed by atoms with Crippen LogP contribution in [0.25, 0.3) is 20.7 Å². The minimum absolute atomic E-state index is 0.372. The molecule has 2 atom stereocenters. The number of alkyl halides is 1. The van der Waals surface area contributed by atoms with E-state index < -0.39 is 12.2 Å². The Labute approximate surface area is 162 Å². The first-order chi connectivity index (χ1) is 13.6. The molecule has 140 valence electrons. The third-order valence-electron chi connectivity index (χ3n) is 5.10. The van der Waals surface area contributed by atoms with Crippen LogP contribution in [-0.4, -0.2) is 34.9 Å². The summed E-state index contributed by atoms with van der Waals surface area (Å²) in [7, 11) is 0. The second-order valence-corrected chi connectivity index (χ2v) is 6.98. The van der Waals surface area contributed by atoms with E-state index in [2.05, 4.69) is 14.3 Å². The summed E-state index contributed by atoms with van der Waals surface area (Å²) in [5.74, 6) is 0.730. The monoisotopic (exact) mass is 374 g/mol. The van der Waals surface area contributed by atoms with Gasteiger partial charge in [0, 0.05) is 13.1 Å². The second kappa shape index (κ2) is 7.30. The molecule has 0 spiro atoms. The molecule has 0 saturated carbocycles. The summed E-state index contributed by atoms with van der Waals surface area (Å²) in [5, 5.41) is 0. The Morgan fingerprint density at radius 3 is 2.50 bits per heavy atom. The van der Waals surface area contributed by atoms with Crippen molar-refractivity contribution in [3.63, 3.8) is 0 Å². The van der Waals surface area contributed by atoms with Gasteiger partial charge in [0.15, 0.2) is 11.4 Å². The van der Waals surface area contributed by atoms with Crippen molar-refractivity contribution in [3.8, 4) is 0 Å². The zero-order valence-electron chi connectivity index (χ0n) is 15.2. The average molecular weight is 374 g/mol. The lowest BCUT2D eigenvalue weighted by Crippen LogP contribution is -2.50. The molecule has 1 fully saturated rings. The molecule has 0 radical (unpaired) electrons. The van der Waals surface area contributed by atoms with Gasteiger partial charge in [-0.1, -0.05) is 30.3 Å². The number of hydrogen-bond donors (Lipinski definition) is 1. The summed E-state index contributed by atoms with van der Waals surface area (Å²) < 4.78 is 15.9. The molecule has 2 heterocycles. The summed E-state index contributed by atoms with van der Waals surface area (Å²) in [6, 6.07) is 12.3. The van der Waals surface area contributed by atoms with Crippen LogP contribution in [0.4, 0.5) is 21.7 Å². The molecule has 3 aromatic rings. The van der Waals surface area contributed by atoms with E-state index in [1.54, 1.807) is 24.3 Å². The number of aromatic nitrogens is 2. The lowest BCUT2D eigenvalue weighted by molar-refractivity contribution is 0.243. The highest BCUT2D eigenvalue weighted by Gasteiger charge is 2.29. The molecule has 1 saturated heterocycles. The first-order valence-corrected chi connectivity index (χ1v) is 9.08. The maximum Gasteiger partial charge on any atom is 0.206 e. The van der Waals surface area contributed by atoms with Crippen molar-refractivity contribution in [1.82, 2.24) is 9.55 Å². The van der Waals surface area contributed by atoms with E-state index in [-0.39, 0.29) is 0 Å². The van der Waals surface area contributed by atoms with Crippen molar-refractivity contribution < 1.29 is 4.39 Å². The van der Waals surface area contributed by atoms with Gasteiger partial charge in [0.25, 0.3) is 0 Å². The second-order valence-electron chi connectivity index (χ2n) is 6.98. The maximum atomic E-state index is 13.9. The van der Waals surface area contributed by atoms with Crippen LogP contribution in [0.2, 0.25) is 0 Å². The fourth-order valence-corrected chi connectivity index (χ4v) is 3.57. The molecule has 7 heteroatoms. The predicted molar refractivity (Wildman–Crippen MR) is 108 cm³/mol. The van der Waals surface area contributed by atoms with Crippen LogP contribution in [-0.2, 0) is 6.54 Å². The lowest BCUT2D eigenvalue weighted by atomic mass is 10.1. The summed E-state index contributed by atoms with van der Waals surface area (Å²) >= 11 is 0. The van der Waals surface area contributed by atoms with Crippen LogP contribution in [0.1, 0.15) is 12.0 Å². The Balaban J connectivity index is 1.77. The average Bonchev–Trinajstić information content (AvgIpc) is 3.08. The third-order valence-corrected chi connectivity index (χ3v) is 5.10. The van der Waals surface area contributed by atoms with Gasteiger partial charge in [-0.05, 0) is 24.1 Å². The zero-order valence-corrected chi connectivity index (χ0v) is 15.2. The zero-order chi connectivity index (χ0) is 19.7. The quantitative estimate of drug-likeness (QED) is 0.704. The molecule has 2 N–H and O–H groups in total. The number of benzene rings is 2. The highest BCUT2D eigenvalue weighted by Crippen LogP contribution is 2.29. The van der Waals surface area contributed by atoms with Crippen molar-refractivity contribution in [2.75, 3.05) is 18.0 Å². The number of anilines is 1. The molecule has 0 bridgehead atoms. The molecule has 1 aromatic heterocycles. The van der Waals surface area contributed by atoms with E-state index in [0.717, 1.165) is 22.5 Å². The van der Waals surface area contributed by atoms with Gasteiger partial charge in [-0.3, -0.25) is 0 Å². The van der Waals surface area contributed by atoms with Gasteiger partial charge in [0.2, 0.25) is 5.95 Å². The highest BCUT2D eigenvalue weighted by molar-refractivity contribution is 5.83. The summed E-state index contributed by atoms with van der Waals surface area (Å²) in [5.41, 5.74) is 9.76. The lowest BCUT2D eigenvalue weighted by Gasteiger charge is -2.34. The molecule has 1 aliphatic rings. The van der Waals surface area contributed by atoms with Gasteiger partial charge in [-0.2, -0.15) is 0 Å². The van der Waals surface area contributed by atoms with Crippen LogP contribution in [0, 0.1) is 13.1 Å². The third kappa shape index (κ3) is 3.28. The summed E-state index contributed by atoms with van der Waals surface area (Å²) in [4.78, 5) is 13.7. The Morgan fingerprint density at radius 1 is 1.11 bits per heavy atom. The highest BCUT2D eigenvalue weighted by atomic mass is 19.1. The van der Waals surface area contributed by atoms with Crippen LogP contribution in [0.5, 0.6) is 0 Å². The van der Waals surface area contributed by atoms with Gasteiger partial charge in [0.1, 0.15) is 6.17 Å². The molecule has 0 amide bonds. The van der Waals surface area contributed by atoms with Crippen molar-refractivity contribution in [2.24, 2.45) is 5.73 Å². The van der Waals surface area contributed by atoms with Crippen LogP contribution in [0.15, 0.2) is 42.5 Å². The SMILES string of the molecule is [C-]#[N+]c1ccc(Cn2c(N3CC[C@@H](F)[C@H](N)C3)nc3cc([N+]#[C-])ccc32)cc1. The molecule has 2 aromatic carbocycles. The summed E-state index contributed by atoms with van der Waals surface area (Å²) in [6.07, 6.45) is -0.624. The number of fused-ring (bicyclic) bond motifs is 1. The molecular formula is C21H19FN6. The van der Waals surface area contributed by atoms with Crippen molar-refractivity contribution >= 4 is 28.4 Å². The van der Waals surface area contributed by atoms with Gasteiger partial charge >= 0.3 is 0 Å². The first kappa shape index (κ1) is 18.0. The minimum Gasteiger partial charge on any atom is -0.340 e. The standard InChI is InChI=1S/C21H19FN6/c1-24-15-5-3-14(4-6-15)12-28-20-8-7-16(25-2)11-19(20)26-21(28)27-10-9-17(22)18(23)13-27/h3-8,11,17-18H,9-10,12-13,23H2/t17-,18-/m1/s1. The topological polar surface area (TPSA) is 55.8 Å². The Kier molecular flexibility index (Phi) is 4.68. The number of nitrogens with zero attached hydrogens (tertiary/aromatic N) is 5. The Morgan fingerprint density at radius 2 is 1.82 bits per heavy atom. The normalized spacial score (nSPS) is 19.4. The van der Waals surface area contributed by atoms with Crippen molar-refractivity contribution in [3.05, 3.63) is 70.9 Å². The van der Waals surface area contributed by atoms with Gasteiger partial charge < -0.3 is 15.2 Å². The number of hydrogen-bond acceptors (Lipinski definition) is 3. The summed E-state index contributed by atoms with van der Waals surface area (Å²) in [6.45, 7) is 15.8. The van der Waals surface area contributed by atoms with E-state index in [1.165, 1.54) is 0 Å². The van der Waals surface area contributed by atoms with E-state index in [0.29, 0.717) is 37.4 Å². The fraction of sp³-hybridized carbons (Fsp3) is 0.286. The number of imidazole rings is 1. The smallest absolute Gasteiger partial charge is 0.206 e. The van der Waals surface area contributed by atoms with E-state index in [1.807, 2.05) is 23.1 Å². The molecule has 28 heavy (non-hydrogen) atoms. The van der Waals surface area contributed by atoms with Crippen molar-refractivity contribution in [2.45, 2.75) is 25.2 Å². The van der Waals surface area contributed by atoms with Crippen molar-refractivity contribution in [1.29, 1.82) is 0 Å². The number of piperidine rings is 1. The molecule has 4 rings (SSSR count). The fourth-order valence-electron chi connectivity index (χ4n) is 3.57. The molecule has 0 unspecified atom stereocenters. The number of nitrogens with two attached hydrogens (primary N) is 1. The minimum atomic E-state index is -0.996. The first-order valence-electron chi connectivity index (χ1n) is 9.08. The van der Waals surface area contributed by atoms with Gasteiger partial charge in [-0.25, -0.2) is 19.1 Å².